The van der Waals surface area contributed by atoms with E-state index in [1.54, 1.807) is 6.20 Å². The van der Waals surface area contributed by atoms with Gasteiger partial charge in [-0.15, -0.1) is 0 Å². The summed E-state index contributed by atoms with van der Waals surface area (Å²) >= 11 is 0. The number of nitrogens with one attached hydrogen (secondary N) is 2. The number of hydrogen-bond donors (Lipinski definition) is 2. The Bertz CT molecular complexity index is 1240. The normalized spacial score (nSPS) is 14.9. The van der Waals surface area contributed by atoms with Gasteiger partial charge in [0.15, 0.2) is 5.65 Å². The zero-order chi connectivity index (χ0) is 20.3. The summed E-state index contributed by atoms with van der Waals surface area (Å²) in [6.07, 6.45) is 1.71. The molecule has 0 unspecified atom stereocenters. The molecule has 2 aromatic heterocycles. The third-order valence-corrected chi connectivity index (χ3v) is 5.51. The zero-order valence-electron chi connectivity index (χ0n) is 16.6. The quantitative estimate of drug-likeness (QED) is 0.535. The molecule has 3 heterocycles. The molecule has 0 aliphatic carbocycles. The molecule has 1 saturated heterocycles. The molecule has 5 rings (SSSR count). The Labute approximate surface area is 173 Å². The fourth-order valence-electron chi connectivity index (χ4n) is 3.99. The standard InChI is InChI=1S/C23H23N5O2/c29-22-20-19(18-7-3-5-16-4-1-2-6-17(16)18)8-9-24-21(20)26-23(27-22)25-10-11-28-12-14-30-15-13-28/h1-9H,10-15H2,(H2,24,25,26,27,29). The van der Waals surface area contributed by atoms with Crippen molar-refractivity contribution in [2.24, 2.45) is 0 Å². The minimum absolute atomic E-state index is 0.190. The molecule has 2 aromatic carbocycles. The molecule has 0 spiro atoms. The second-order valence-corrected chi connectivity index (χ2v) is 7.38. The third kappa shape index (κ3) is 3.65. The van der Waals surface area contributed by atoms with E-state index in [2.05, 4.69) is 43.4 Å². The van der Waals surface area contributed by atoms with Crippen LogP contribution >= 0.6 is 0 Å². The first-order valence-corrected chi connectivity index (χ1v) is 10.2. The Morgan fingerprint density at radius 2 is 1.87 bits per heavy atom. The highest BCUT2D eigenvalue weighted by molar-refractivity contribution is 6.03. The summed E-state index contributed by atoms with van der Waals surface area (Å²) in [5.74, 6) is 0.448. The number of anilines is 1. The van der Waals surface area contributed by atoms with Gasteiger partial charge in [-0.05, 0) is 22.4 Å². The van der Waals surface area contributed by atoms with Crippen molar-refractivity contribution in [1.82, 2.24) is 19.9 Å². The number of aromatic nitrogens is 3. The van der Waals surface area contributed by atoms with E-state index in [1.165, 1.54) is 0 Å². The van der Waals surface area contributed by atoms with Gasteiger partial charge in [-0.3, -0.25) is 14.7 Å². The van der Waals surface area contributed by atoms with Crippen molar-refractivity contribution in [2.45, 2.75) is 0 Å². The monoisotopic (exact) mass is 401 g/mol. The SMILES string of the molecule is O=c1[nH]c(NCCN2CCOCC2)nc2nccc(-c3cccc4ccccc34)c12. The average molecular weight is 401 g/mol. The van der Waals surface area contributed by atoms with Crippen molar-refractivity contribution < 1.29 is 4.74 Å². The first kappa shape index (κ1) is 18.7. The van der Waals surface area contributed by atoms with Crippen LogP contribution < -0.4 is 10.9 Å². The van der Waals surface area contributed by atoms with Crippen LogP contribution in [0.3, 0.4) is 0 Å². The lowest BCUT2D eigenvalue weighted by atomic mass is 9.97. The maximum absolute atomic E-state index is 13.0. The van der Waals surface area contributed by atoms with Gasteiger partial charge in [-0.1, -0.05) is 42.5 Å². The molecule has 1 aliphatic heterocycles. The van der Waals surface area contributed by atoms with Gasteiger partial charge in [0.1, 0.15) is 0 Å². The fourth-order valence-corrected chi connectivity index (χ4v) is 3.99. The van der Waals surface area contributed by atoms with Crippen LogP contribution in [0.25, 0.3) is 32.9 Å². The number of pyridine rings is 1. The van der Waals surface area contributed by atoms with Crippen molar-refractivity contribution in [2.75, 3.05) is 44.7 Å². The Balaban J connectivity index is 1.47. The van der Waals surface area contributed by atoms with Crippen LogP contribution in [0.4, 0.5) is 5.95 Å². The van der Waals surface area contributed by atoms with Crippen LogP contribution in [-0.4, -0.2) is 59.2 Å². The summed E-state index contributed by atoms with van der Waals surface area (Å²) in [7, 11) is 0. The predicted molar refractivity (Wildman–Crippen MR) is 119 cm³/mol. The van der Waals surface area contributed by atoms with Crippen LogP contribution in [0, 0.1) is 0 Å². The number of benzene rings is 2. The van der Waals surface area contributed by atoms with Crippen LogP contribution in [0.5, 0.6) is 0 Å². The van der Waals surface area contributed by atoms with Crippen LogP contribution in [0.1, 0.15) is 0 Å². The van der Waals surface area contributed by atoms with Crippen molar-refractivity contribution in [3.05, 3.63) is 65.1 Å². The largest absolute Gasteiger partial charge is 0.379 e. The molecule has 4 aromatic rings. The lowest BCUT2D eigenvalue weighted by Gasteiger charge is -2.26. The molecule has 0 saturated carbocycles. The van der Waals surface area contributed by atoms with Gasteiger partial charge in [0.2, 0.25) is 5.95 Å². The summed E-state index contributed by atoms with van der Waals surface area (Å²) < 4.78 is 5.37. The van der Waals surface area contributed by atoms with E-state index in [1.807, 2.05) is 30.3 Å². The number of nitrogens with zero attached hydrogens (tertiary/aromatic N) is 3. The molecule has 7 nitrogen and oxygen atoms in total. The Morgan fingerprint density at radius 1 is 1.03 bits per heavy atom. The molecule has 1 aliphatic rings. The summed E-state index contributed by atoms with van der Waals surface area (Å²) in [5, 5.41) is 5.96. The van der Waals surface area contributed by atoms with Crippen LogP contribution in [0.15, 0.2) is 59.5 Å². The molecule has 0 atom stereocenters. The summed E-state index contributed by atoms with van der Waals surface area (Å²) in [6.45, 7) is 4.96. The number of rotatable bonds is 5. The molecule has 0 amide bonds. The van der Waals surface area contributed by atoms with Crippen LogP contribution in [0.2, 0.25) is 0 Å². The van der Waals surface area contributed by atoms with Crippen molar-refractivity contribution in [3.63, 3.8) is 0 Å². The van der Waals surface area contributed by atoms with Gasteiger partial charge >= 0.3 is 0 Å². The molecule has 7 heteroatoms. The van der Waals surface area contributed by atoms with Gasteiger partial charge in [0, 0.05) is 37.9 Å². The smallest absolute Gasteiger partial charge is 0.262 e. The molecular formula is C23H23N5O2. The highest BCUT2D eigenvalue weighted by Crippen LogP contribution is 2.31. The number of hydrogen-bond acceptors (Lipinski definition) is 6. The Morgan fingerprint density at radius 3 is 2.77 bits per heavy atom. The summed E-state index contributed by atoms with van der Waals surface area (Å²) in [5.41, 5.74) is 2.09. The fraction of sp³-hybridized carbons (Fsp3) is 0.261. The Kier molecular flexibility index (Phi) is 5.13. The number of H-pyrrole nitrogens is 1. The average Bonchev–Trinajstić information content (AvgIpc) is 2.79. The van der Waals surface area contributed by atoms with Crippen LogP contribution in [-0.2, 0) is 4.74 Å². The molecule has 30 heavy (non-hydrogen) atoms. The van der Waals surface area contributed by atoms with Gasteiger partial charge in [0.25, 0.3) is 5.56 Å². The molecule has 1 fully saturated rings. The van der Waals surface area contributed by atoms with Crippen molar-refractivity contribution in [3.8, 4) is 11.1 Å². The number of morpholine rings is 1. The van der Waals surface area contributed by atoms with E-state index in [0.717, 1.165) is 54.7 Å². The van der Waals surface area contributed by atoms with Gasteiger partial charge in [-0.2, -0.15) is 4.98 Å². The first-order valence-electron chi connectivity index (χ1n) is 10.2. The molecule has 0 radical (unpaired) electrons. The topological polar surface area (TPSA) is 83.1 Å². The molecule has 0 bridgehead atoms. The van der Waals surface area contributed by atoms with E-state index >= 15 is 0 Å². The third-order valence-electron chi connectivity index (χ3n) is 5.51. The number of aromatic amines is 1. The zero-order valence-corrected chi connectivity index (χ0v) is 16.6. The van der Waals surface area contributed by atoms with Crippen molar-refractivity contribution in [1.29, 1.82) is 0 Å². The Hall–Kier alpha value is -3.29. The van der Waals surface area contributed by atoms with E-state index in [9.17, 15) is 4.79 Å². The van der Waals surface area contributed by atoms with Gasteiger partial charge in [-0.25, -0.2) is 4.98 Å². The molecule has 152 valence electrons. The van der Waals surface area contributed by atoms with E-state index in [0.29, 0.717) is 23.5 Å². The highest BCUT2D eigenvalue weighted by Gasteiger charge is 2.14. The summed E-state index contributed by atoms with van der Waals surface area (Å²) in [4.78, 5) is 27.1. The highest BCUT2D eigenvalue weighted by atomic mass is 16.5. The maximum atomic E-state index is 13.0. The predicted octanol–water partition coefficient (Wildman–Crippen LogP) is 2.88. The molecule has 2 N–H and O–H groups in total. The van der Waals surface area contributed by atoms with E-state index in [-0.39, 0.29) is 5.56 Å². The van der Waals surface area contributed by atoms with Crippen molar-refractivity contribution >= 4 is 27.8 Å². The van der Waals surface area contributed by atoms with E-state index in [4.69, 9.17) is 4.74 Å². The number of fused-ring (bicyclic) bond motifs is 2. The maximum Gasteiger partial charge on any atom is 0.262 e. The minimum atomic E-state index is -0.190. The second kappa shape index (κ2) is 8.22. The minimum Gasteiger partial charge on any atom is -0.379 e. The lowest BCUT2D eigenvalue weighted by molar-refractivity contribution is 0.0398. The molecular weight excluding hydrogens is 378 g/mol. The number of ether oxygens (including phenoxy) is 1. The van der Waals surface area contributed by atoms with Gasteiger partial charge in [0.05, 0.1) is 18.6 Å². The second-order valence-electron chi connectivity index (χ2n) is 7.38. The van der Waals surface area contributed by atoms with E-state index < -0.39 is 0 Å². The lowest BCUT2D eigenvalue weighted by Crippen LogP contribution is -2.39. The first-order chi connectivity index (χ1) is 14.8. The van der Waals surface area contributed by atoms with Gasteiger partial charge < -0.3 is 10.1 Å². The summed E-state index contributed by atoms with van der Waals surface area (Å²) in [6, 6.07) is 16.2.